The maximum atomic E-state index is 13.3. The Morgan fingerprint density at radius 1 is 1.06 bits per heavy atom. The van der Waals surface area contributed by atoms with Crippen LogP contribution in [-0.4, -0.2) is 38.6 Å². The van der Waals surface area contributed by atoms with Crippen LogP contribution in [0.4, 0.5) is 19.0 Å². The molecule has 4 aromatic rings. The summed E-state index contributed by atoms with van der Waals surface area (Å²) in [7, 11) is 0. The first-order valence-corrected chi connectivity index (χ1v) is 9.57. The Bertz CT molecular complexity index is 1370. The smallest absolute Gasteiger partial charge is 0.433 e. The molecule has 3 N–H and O–H groups in total. The van der Waals surface area contributed by atoms with Crippen molar-refractivity contribution in [3.8, 4) is 23.2 Å². The van der Waals surface area contributed by atoms with Crippen LogP contribution in [0.5, 0.6) is 5.88 Å². The summed E-state index contributed by atoms with van der Waals surface area (Å²) in [5.41, 5.74) is 5.98. The fourth-order valence-corrected chi connectivity index (χ4v) is 3.56. The number of pyridine rings is 1. The Morgan fingerprint density at radius 3 is 2.69 bits per heavy atom. The first-order valence-electron chi connectivity index (χ1n) is 9.57. The Balaban J connectivity index is 1.76. The van der Waals surface area contributed by atoms with Crippen molar-refractivity contribution in [3.05, 3.63) is 59.8 Å². The van der Waals surface area contributed by atoms with Gasteiger partial charge in [-0.25, -0.2) is 9.97 Å². The number of anilines is 1. The number of hydrogen-bond acceptors (Lipinski definition) is 6. The average Bonchev–Trinajstić information content (AvgIpc) is 3.05. The zero-order chi connectivity index (χ0) is 22.5. The molecule has 0 saturated carbocycles. The number of hydrogen-bond donors (Lipinski definition) is 2. The van der Waals surface area contributed by atoms with Crippen molar-refractivity contribution >= 4 is 22.6 Å². The van der Waals surface area contributed by atoms with Crippen molar-refractivity contribution in [2.75, 3.05) is 18.9 Å². The van der Waals surface area contributed by atoms with Crippen molar-refractivity contribution in [3.63, 3.8) is 0 Å². The number of halogens is 3. The van der Waals surface area contributed by atoms with Crippen molar-refractivity contribution in [2.24, 2.45) is 0 Å². The topological polar surface area (TPSA) is 108 Å². The highest BCUT2D eigenvalue weighted by Gasteiger charge is 2.33. The second-order valence-corrected chi connectivity index (χ2v) is 7.02. The fraction of sp³-hybridized carbons (Fsp3) is 0.143. The molecule has 32 heavy (non-hydrogen) atoms. The van der Waals surface area contributed by atoms with E-state index in [1.54, 1.807) is 30.3 Å². The zero-order valence-corrected chi connectivity index (χ0v) is 16.3. The van der Waals surface area contributed by atoms with Crippen molar-refractivity contribution in [1.29, 1.82) is 0 Å². The predicted octanol–water partition coefficient (Wildman–Crippen LogP) is 3.21. The summed E-state index contributed by atoms with van der Waals surface area (Å²) in [4.78, 5) is 24.7. The third-order valence-electron chi connectivity index (χ3n) is 4.95. The summed E-state index contributed by atoms with van der Waals surface area (Å²) in [5, 5.41) is 3.37. The number of benzene rings is 1. The van der Waals surface area contributed by atoms with Gasteiger partial charge in [-0.05, 0) is 24.3 Å². The number of nitrogens with one attached hydrogen (secondary N) is 1. The Hall–Kier alpha value is -4.15. The number of para-hydroxylation sites is 1. The molecule has 11 heteroatoms. The molecule has 5 rings (SSSR count). The number of carbonyl (C=O) groups is 1. The van der Waals surface area contributed by atoms with Gasteiger partial charge in [0.15, 0.2) is 5.82 Å². The molecule has 0 spiro atoms. The van der Waals surface area contributed by atoms with Gasteiger partial charge in [-0.2, -0.15) is 18.2 Å². The van der Waals surface area contributed by atoms with E-state index in [0.29, 0.717) is 11.2 Å². The lowest BCUT2D eigenvalue weighted by molar-refractivity contribution is -0.141. The van der Waals surface area contributed by atoms with Crippen LogP contribution in [-0.2, 0) is 6.18 Å². The van der Waals surface area contributed by atoms with Gasteiger partial charge in [-0.1, -0.05) is 24.3 Å². The molecule has 0 bridgehead atoms. The fourth-order valence-electron chi connectivity index (χ4n) is 3.56. The van der Waals surface area contributed by atoms with Gasteiger partial charge < -0.3 is 15.8 Å². The Morgan fingerprint density at radius 2 is 1.88 bits per heavy atom. The van der Waals surface area contributed by atoms with Crippen molar-refractivity contribution < 1.29 is 22.7 Å². The number of rotatable bonds is 2. The van der Waals surface area contributed by atoms with E-state index < -0.39 is 17.8 Å². The number of carbonyl (C=O) groups excluding carboxylic acids is 1. The van der Waals surface area contributed by atoms with E-state index in [0.717, 1.165) is 11.5 Å². The summed E-state index contributed by atoms with van der Waals surface area (Å²) in [6.45, 7) is 0.463. The minimum absolute atomic E-state index is 0.0105. The molecule has 1 amide bonds. The van der Waals surface area contributed by atoms with Crippen LogP contribution in [0.3, 0.4) is 0 Å². The molecule has 0 aliphatic carbocycles. The van der Waals surface area contributed by atoms with Crippen LogP contribution in [0, 0.1) is 0 Å². The maximum absolute atomic E-state index is 13.3. The largest absolute Gasteiger partial charge is 0.475 e. The quantitative estimate of drug-likeness (QED) is 0.496. The molecule has 3 aromatic heterocycles. The number of amides is 1. The lowest BCUT2D eigenvalue weighted by Crippen LogP contribution is -2.25. The van der Waals surface area contributed by atoms with E-state index in [9.17, 15) is 18.0 Å². The SMILES string of the molecule is Nc1nc(-c2cc3ccccc3n2-c2cccc(C(F)(F)F)n2)nc2c1C(=O)NCCO2. The van der Waals surface area contributed by atoms with Crippen LogP contribution in [0.25, 0.3) is 28.2 Å². The second kappa shape index (κ2) is 7.22. The van der Waals surface area contributed by atoms with Gasteiger partial charge in [0.1, 0.15) is 29.5 Å². The molecule has 0 saturated heterocycles. The first-order chi connectivity index (χ1) is 15.3. The minimum atomic E-state index is -4.61. The molecule has 8 nitrogen and oxygen atoms in total. The summed E-state index contributed by atoms with van der Waals surface area (Å²) >= 11 is 0. The monoisotopic (exact) mass is 440 g/mol. The minimum Gasteiger partial charge on any atom is -0.475 e. The van der Waals surface area contributed by atoms with E-state index in [2.05, 4.69) is 20.3 Å². The van der Waals surface area contributed by atoms with Crippen LogP contribution >= 0.6 is 0 Å². The Labute approximate surface area is 178 Å². The van der Waals surface area contributed by atoms with Crippen LogP contribution < -0.4 is 15.8 Å². The van der Waals surface area contributed by atoms with E-state index >= 15 is 0 Å². The van der Waals surface area contributed by atoms with Gasteiger partial charge in [0.25, 0.3) is 5.91 Å². The maximum Gasteiger partial charge on any atom is 0.433 e. The number of aromatic nitrogens is 4. The van der Waals surface area contributed by atoms with Gasteiger partial charge in [0.2, 0.25) is 5.88 Å². The highest BCUT2D eigenvalue weighted by atomic mass is 19.4. The van der Waals surface area contributed by atoms with Crippen LogP contribution in [0.1, 0.15) is 16.1 Å². The molecule has 1 aliphatic rings. The zero-order valence-electron chi connectivity index (χ0n) is 16.3. The number of nitrogens with zero attached hydrogens (tertiary/aromatic N) is 4. The molecule has 0 fully saturated rings. The number of alkyl halides is 3. The normalized spacial score (nSPS) is 13.9. The van der Waals surface area contributed by atoms with Crippen LogP contribution in [0.2, 0.25) is 0 Å². The number of nitrogens with two attached hydrogens (primary N) is 1. The molecule has 162 valence electrons. The van der Waals surface area contributed by atoms with E-state index in [-0.39, 0.29) is 42.1 Å². The molecule has 0 atom stereocenters. The molecular weight excluding hydrogens is 425 g/mol. The lowest BCUT2D eigenvalue weighted by atomic mass is 10.2. The lowest BCUT2D eigenvalue weighted by Gasteiger charge is -2.13. The molecule has 4 heterocycles. The van der Waals surface area contributed by atoms with E-state index in [1.807, 2.05) is 0 Å². The van der Waals surface area contributed by atoms with Gasteiger partial charge in [0.05, 0.1) is 17.8 Å². The van der Waals surface area contributed by atoms with Gasteiger partial charge in [-0.3, -0.25) is 9.36 Å². The highest BCUT2D eigenvalue weighted by molar-refractivity contribution is 6.01. The summed E-state index contributed by atoms with van der Waals surface area (Å²) in [6, 6.07) is 12.5. The Kier molecular flexibility index (Phi) is 4.47. The third kappa shape index (κ3) is 3.27. The molecule has 1 aliphatic heterocycles. The van der Waals surface area contributed by atoms with Crippen LogP contribution in [0.15, 0.2) is 48.5 Å². The van der Waals surface area contributed by atoms with Crippen molar-refractivity contribution in [2.45, 2.75) is 6.18 Å². The van der Waals surface area contributed by atoms with Gasteiger partial charge in [0, 0.05) is 5.39 Å². The average molecular weight is 440 g/mol. The second-order valence-electron chi connectivity index (χ2n) is 7.02. The summed E-state index contributed by atoms with van der Waals surface area (Å²) < 4.78 is 47.0. The number of ether oxygens (including phenoxy) is 1. The molecule has 0 radical (unpaired) electrons. The summed E-state index contributed by atoms with van der Waals surface area (Å²) in [5.74, 6) is -0.422. The van der Waals surface area contributed by atoms with Crippen molar-refractivity contribution in [1.82, 2.24) is 24.8 Å². The van der Waals surface area contributed by atoms with Gasteiger partial charge >= 0.3 is 6.18 Å². The van der Waals surface area contributed by atoms with E-state index in [1.165, 1.54) is 16.7 Å². The number of fused-ring (bicyclic) bond motifs is 2. The number of nitrogen functional groups attached to an aromatic ring is 1. The van der Waals surface area contributed by atoms with Gasteiger partial charge in [-0.15, -0.1) is 0 Å². The standard InChI is InChI=1S/C21H15F3N6O2/c22-21(23,24)14-6-3-7-15(27-14)30-12-5-2-1-4-11(12)10-13(30)18-28-17(25)16-19(31)26-8-9-32-20(16)29-18/h1-7,10H,8-9H2,(H,26,31)(H2,25,28,29). The van der Waals surface area contributed by atoms with E-state index in [4.69, 9.17) is 10.5 Å². The molecule has 1 aromatic carbocycles. The summed E-state index contributed by atoms with van der Waals surface area (Å²) in [6.07, 6.45) is -4.61. The predicted molar refractivity (Wildman–Crippen MR) is 109 cm³/mol. The highest BCUT2D eigenvalue weighted by Crippen LogP contribution is 2.34. The first kappa shape index (κ1) is 19.8. The molecular formula is C21H15F3N6O2. The third-order valence-corrected chi connectivity index (χ3v) is 4.95. The molecule has 0 unspecified atom stereocenters.